The van der Waals surface area contributed by atoms with Crippen molar-refractivity contribution in [3.05, 3.63) is 11.4 Å². The van der Waals surface area contributed by atoms with Crippen LogP contribution >= 0.6 is 0 Å². The Morgan fingerprint density at radius 1 is 1.50 bits per heavy atom. The average molecular weight is 305 g/mol. The molecule has 0 spiro atoms. The fourth-order valence-corrected chi connectivity index (χ4v) is 3.39. The lowest BCUT2D eigenvalue weighted by atomic mass is 10.1. The first-order valence-corrected chi connectivity index (χ1v) is 7.48. The topological polar surface area (TPSA) is 121 Å². The summed E-state index contributed by atoms with van der Waals surface area (Å²) in [6.07, 6.45) is 0. The SMILES string of the molecule is COCC(NS(=O)(=O)c1c(C(=O)O)n[nH]c1C)C(C)C. The molecular weight excluding hydrogens is 286 g/mol. The Kier molecular flexibility index (Phi) is 5.26. The van der Waals surface area contributed by atoms with Gasteiger partial charge in [0, 0.05) is 13.2 Å². The number of carboxylic acid groups (broad SMARTS) is 1. The summed E-state index contributed by atoms with van der Waals surface area (Å²) >= 11 is 0. The van der Waals surface area contributed by atoms with Gasteiger partial charge in [-0.2, -0.15) is 5.10 Å². The van der Waals surface area contributed by atoms with E-state index in [0.29, 0.717) is 0 Å². The summed E-state index contributed by atoms with van der Waals surface area (Å²) in [5.74, 6) is -1.41. The van der Waals surface area contributed by atoms with Crippen LogP contribution in [0.2, 0.25) is 0 Å². The van der Waals surface area contributed by atoms with E-state index in [1.54, 1.807) is 0 Å². The number of carbonyl (C=O) groups is 1. The summed E-state index contributed by atoms with van der Waals surface area (Å²) < 4.78 is 32.1. The number of sulfonamides is 1. The highest BCUT2D eigenvalue weighted by Gasteiger charge is 2.31. The number of nitrogens with one attached hydrogen (secondary N) is 2. The molecular formula is C11H19N3O5S. The molecule has 0 aliphatic rings. The maximum absolute atomic E-state index is 12.3. The molecule has 0 fully saturated rings. The number of hydrogen-bond donors (Lipinski definition) is 3. The van der Waals surface area contributed by atoms with Crippen molar-refractivity contribution in [1.29, 1.82) is 0 Å². The third kappa shape index (κ3) is 3.56. The number of ether oxygens (including phenoxy) is 1. The number of rotatable bonds is 7. The molecule has 1 heterocycles. The van der Waals surface area contributed by atoms with Crippen LogP contribution in [0.4, 0.5) is 0 Å². The largest absolute Gasteiger partial charge is 0.476 e. The maximum Gasteiger partial charge on any atom is 0.357 e. The van der Waals surface area contributed by atoms with Crippen LogP contribution < -0.4 is 4.72 Å². The summed E-state index contributed by atoms with van der Waals surface area (Å²) in [5.41, 5.74) is -0.343. The lowest BCUT2D eigenvalue weighted by Crippen LogP contribution is -2.42. The van der Waals surface area contributed by atoms with E-state index in [1.807, 2.05) is 13.8 Å². The summed E-state index contributed by atoms with van der Waals surface area (Å²) in [5, 5.41) is 14.9. The number of aromatic carboxylic acids is 1. The molecule has 1 aromatic rings. The van der Waals surface area contributed by atoms with E-state index >= 15 is 0 Å². The maximum atomic E-state index is 12.3. The van der Waals surface area contributed by atoms with Crippen molar-refractivity contribution in [2.24, 2.45) is 5.92 Å². The van der Waals surface area contributed by atoms with Gasteiger partial charge in [-0.15, -0.1) is 0 Å². The first kappa shape index (κ1) is 16.6. The Hall–Kier alpha value is -1.45. The second kappa shape index (κ2) is 6.33. The minimum Gasteiger partial charge on any atom is -0.476 e. The van der Waals surface area contributed by atoms with Crippen LogP contribution in [-0.2, 0) is 14.8 Å². The zero-order chi connectivity index (χ0) is 15.5. The Morgan fingerprint density at radius 2 is 2.10 bits per heavy atom. The monoisotopic (exact) mass is 305 g/mol. The highest BCUT2D eigenvalue weighted by Crippen LogP contribution is 2.19. The third-order valence-corrected chi connectivity index (χ3v) is 4.47. The highest BCUT2D eigenvalue weighted by atomic mass is 32.2. The molecule has 114 valence electrons. The molecule has 0 aliphatic carbocycles. The number of H-pyrrole nitrogens is 1. The molecule has 3 N–H and O–H groups in total. The highest BCUT2D eigenvalue weighted by molar-refractivity contribution is 7.89. The van der Waals surface area contributed by atoms with Gasteiger partial charge in [0.1, 0.15) is 4.90 Å². The summed E-state index contributed by atoms with van der Waals surface area (Å²) in [6, 6.07) is -0.457. The van der Waals surface area contributed by atoms with Crippen LogP contribution in [0.5, 0.6) is 0 Å². The van der Waals surface area contributed by atoms with Gasteiger partial charge in [-0.05, 0) is 12.8 Å². The molecule has 0 saturated carbocycles. The van der Waals surface area contributed by atoms with E-state index in [4.69, 9.17) is 9.84 Å². The molecule has 0 radical (unpaired) electrons. The van der Waals surface area contributed by atoms with E-state index in [2.05, 4.69) is 14.9 Å². The molecule has 1 unspecified atom stereocenters. The Balaban J connectivity index is 3.17. The lowest BCUT2D eigenvalue weighted by molar-refractivity contribution is 0.0686. The second-order valence-electron chi connectivity index (χ2n) is 4.76. The first-order chi connectivity index (χ1) is 9.20. The molecule has 1 aromatic heterocycles. The normalized spacial score (nSPS) is 13.7. The van der Waals surface area contributed by atoms with Crippen LogP contribution in [0.15, 0.2) is 4.90 Å². The van der Waals surface area contributed by atoms with Gasteiger partial charge in [0.2, 0.25) is 10.0 Å². The van der Waals surface area contributed by atoms with Gasteiger partial charge in [0.15, 0.2) is 5.69 Å². The van der Waals surface area contributed by atoms with Crippen molar-refractivity contribution in [3.8, 4) is 0 Å². The van der Waals surface area contributed by atoms with Crippen LogP contribution in [0, 0.1) is 12.8 Å². The van der Waals surface area contributed by atoms with E-state index in [-0.39, 0.29) is 23.1 Å². The van der Waals surface area contributed by atoms with Crippen LogP contribution in [-0.4, -0.2) is 49.4 Å². The molecule has 0 saturated heterocycles. The van der Waals surface area contributed by atoms with Crippen molar-refractivity contribution in [1.82, 2.24) is 14.9 Å². The van der Waals surface area contributed by atoms with Crippen LogP contribution in [0.1, 0.15) is 30.0 Å². The minimum atomic E-state index is -3.99. The van der Waals surface area contributed by atoms with Crippen molar-refractivity contribution in [2.75, 3.05) is 13.7 Å². The lowest BCUT2D eigenvalue weighted by Gasteiger charge is -2.21. The van der Waals surface area contributed by atoms with E-state index < -0.39 is 27.7 Å². The fraction of sp³-hybridized carbons (Fsp3) is 0.636. The average Bonchev–Trinajstić information content (AvgIpc) is 2.71. The Morgan fingerprint density at radius 3 is 2.55 bits per heavy atom. The van der Waals surface area contributed by atoms with Gasteiger partial charge in [-0.3, -0.25) is 5.10 Å². The molecule has 9 heteroatoms. The third-order valence-electron chi connectivity index (χ3n) is 2.82. The van der Waals surface area contributed by atoms with Crippen molar-refractivity contribution in [3.63, 3.8) is 0 Å². The number of aromatic amines is 1. The van der Waals surface area contributed by atoms with Gasteiger partial charge >= 0.3 is 5.97 Å². The van der Waals surface area contributed by atoms with Gasteiger partial charge < -0.3 is 9.84 Å². The minimum absolute atomic E-state index is 0.00906. The van der Waals surface area contributed by atoms with Gasteiger partial charge in [-0.25, -0.2) is 17.9 Å². The summed E-state index contributed by atoms with van der Waals surface area (Å²) in [4.78, 5) is 10.7. The Bertz CT molecular complexity index is 579. The quantitative estimate of drug-likeness (QED) is 0.669. The number of aryl methyl sites for hydroxylation is 1. The number of hydrogen-bond acceptors (Lipinski definition) is 5. The van der Waals surface area contributed by atoms with Crippen molar-refractivity contribution < 1.29 is 23.1 Å². The van der Waals surface area contributed by atoms with Gasteiger partial charge in [0.25, 0.3) is 0 Å². The summed E-state index contributed by atoms with van der Waals surface area (Å²) in [7, 11) is -2.53. The number of nitrogens with zero attached hydrogens (tertiary/aromatic N) is 1. The Labute approximate surface area is 117 Å². The van der Waals surface area contributed by atoms with E-state index in [0.717, 1.165) is 0 Å². The molecule has 1 atom stereocenters. The zero-order valence-electron chi connectivity index (χ0n) is 11.8. The molecule has 1 rings (SSSR count). The fourth-order valence-electron chi connectivity index (χ4n) is 1.69. The number of aromatic nitrogens is 2. The van der Waals surface area contributed by atoms with Crippen molar-refractivity contribution in [2.45, 2.75) is 31.7 Å². The van der Waals surface area contributed by atoms with E-state index in [1.165, 1.54) is 14.0 Å². The van der Waals surface area contributed by atoms with E-state index in [9.17, 15) is 13.2 Å². The van der Waals surface area contributed by atoms with Crippen molar-refractivity contribution >= 4 is 16.0 Å². The molecule has 8 nitrogen and oxygen atoms in total. The number of methoxy groups -OCH3 is 1. The van der Waals surface area contributed by atoms with Crippen LogP contribution in [0.3, 0.4) is 0 Å². The van der Waals surface area contributed by atoms with Gasteiger partial charge in [0.05, 0.1) is 12.3 Å². The summed E-state index contributed by atoms with van der Waals surface area (Å²) in [6.45, 7) is 5.32. The predicted octanol–water partition coefficient (Wildman–Crippen LogP) is 0.366. The predicted molar refractivity (Wildman–Crippen MR) is 71.1 cm³/mol. The molecule has 20 heavy (non-hydrogen) atoms. The zero-order valence-corrected chi connectivity index (χ0v) is 12.6. The van der Waals surface area contributed by atoms with Crippen LogP contribution in [0.25, 0.3) is 0 Å². The van der Waals surface area contributed by atoms with Gasteiger partial charge in [-0.1, -0.05) is 13.8 Å². The number of carboxylic acids is 1. The first-order valence-electron chi connectivity index (χ1n) is 6.00. The second-order valence-corrected chi connectivity index (χ2v) is 6.41. The smallest absolute Gasteiger partial charge is 0.357 e. The molecule has 0 amide bonds. The molecule has 0 bridgehead atoms. The molecule has 0 aromatic carbocycles. The molecule has 0 aliphatic heterocycles. The standard InChI is InChI=1S/C11H19N3O5S/c1-6(2)8(5-19-4)14-20(17,18)10-7(3)12-13-9(10)11(15)16/h6,8,14H,5H2,1-4H3,(H,12,13)(H,15,16).